The summed E-state index contributed by atoms with van der Waals surface area (Å²) in [4.78, 5) is 72.8. The van der Waals surface area contributed by atoms with Crippen molar-refractivity contribution in [2.24, 2.45) is 0 Å². The molecule has 0 saturated heterocycles. The summed E-state index contributed by atoms with van der Waals surface area (Å²) in [5.74, 6) is -2.11. The number of aliphatic hydroxyl groups excluding tert-OH is 1. The highest BCUT2D eigenvalue weighted by Gasteiger charge is 2.30. The van der Waals surface area contributed by atoms with Crippen LogP contribution in [0.3, 0.4) is 0 Å². The number of ether oxygens (including phenoxy) is 4. The molecule has 0 radical (unpaired) electrons. The molecule has 0 bridgehead atoms. The van der Waals surface area contributed by atoms with Gasteiger partial charge in [0, 0.05) is 25.7 Å². The van der Waals surface area contributed by atoms with Crippen molar-refractivity contribution < 1.29 is 80.2 Å². The number of hydrogen-bond acceptors (Lipinski definition) is 15. The fourth-order valence-corrected chi connectivity index (χ4v) is 13.2. The minimum atomic E-state index is -4.95. The van der Waals surface area contributed by atoms with Gasteiger partial charge in [-0.3, -0.25) is 37.3 Å². The highest BCUT2D eigenvalue weighted by atomic mass is 31.2. The van der Waals surface area contributed by atoms with Crippen LogP contribution in [0.25, 0.3) is 0 Å². The third kappa shape index (κ3) is 68.6. The smallest absolute Gasteiger partial charge is 0.462 e. The van der Waals surface area contributed by atoms with Crippen molar-refractivity contribution >= 4 is 39.5 Å². The van der Waals surface area contributed by atoms with Crippen molar-refractivity contribution in [1.29, 1.82) is 0 Å². The lowest BCUT2D eigenvalue weighted by Gasteiger charge is -2.21. The second-order valence-electron chi connectivity index (χ2n) is 27.0. The molecule has 0 spiro atoms. The topological polar surface area (TPSA) is 237 Å². The van der Waals surface area contributed by atoms with Gasteiger partial charge in [-0.2, -0.15) is 0 Å². The molecule has 0 aromatic carbocycles. The van der Waals surface area contributed by atoms with Crippen molar-refractivity contribution in [2.45, 2.75) is 418 Å². The Morgan fingerprint density at radius 3 is 0.628 bits per heavy atom. The molecule has 0 aromatic rings. The third-order valence-corrected chi connectivity index (χ3v) is 19.5. The average molecular weight is 1380 g/mol. The summed E-state index contributed by atoms with van der Waals surface area (Å²) in [5.41, 5.74) is 0. The third-order valence-electron chi connectivity index (χ3n) is 17.6. The molecule has 0 aromatic heterocycles. The van der Waals surface area contributed by atoms with Crippen LogP contribution < -0.4 is 0 Å². The van der Waals surface area contributed by atoms with Gasteiger partial charge in [-0.05, 0) is 25.7 Å². The highest BCUT2D eigenvalue weighted by Crippen LogP contribution is 2.45. The number of esters is 4. The average Bonchev–Trinajstić information content (AvgIpc) is 1.35. The Morgan fingerprint density at radius 1 is 0.255 bits per heavy atom. The van der Waals surface area contributed by atoms with Crippen molar-refractivity contribution in [1.82, 2.24) is 0 Å². The maximum Gasteiger partial charge on any atom is 0.472 e. The van der Waals surface area contributed by atoms with E-state index in [1.165, 1.54) is 231 Å². The Bertz CT molecular complexity index is 1790. The molecule has 0 saturated carbocycles. The first-order valence-corrected chi connectivity index (χ1v) is 42.3. The molecule has 5 unspecified atom stereocenters. The summed E-state index contributed by atoms with van der Waals surface area (Å²) >= 11 is 0. The van der Waals surface area contributed by atoms with Crippen LogP contribution in [-0.4, -0.2) is 96.7 Å². The fraction of sp³-hybridized carbons (Fsp3) is 0.947. The van der Waals surface area contributed by atoms with Gasteiger partial charge in [0.15, 0.2) is 12.2 Å². The first-order chi connectivity index (χ1) is 45.7. The molecule has 3 N–H and O–H groups in total. The van der Waals surface area contributed by atoms with Crippen LogP contribution in [0.2, 0.25) is 0 Å². The van der Waals surface area contributed by atoms with E-state index in [1.54, 1.807) is 0 Å². The summed E-state index contributed by atoms with van der Waals surface area (Å²) in [6.07, 6.45) is 59.4. The number of phosphoric ester groups is 2. The van der Waals surface area contributed by atoms with Crippen LogP contribution in [0.15, 0.2) is 0 Å². The lowest BCUT2D eigenvalue weighted by atomic mass is 10.0. The van der Waals surface area contributed by atoms with Gasteiger partial charge in [0.1, 0.15) is 19.3 Å². The SMILES string of the molecule is CCCCCCCCCCCCCCCCCC(=O)OCC(COP(=O)(O)OCC(O)COP(=O)(O)OCC(COC(=O)CCCCCCCCCCCCCCCCC)OC(=O)CCCCCCCCCCCCCCC)OC(=O)CCCCCCCCCCCCC. The van der Waals surface area contributed by atoms with Gasteiger partial charge in [0.2, 0.25) is 0 Å². The second kappa shape index (κ2) is 69.5. The van der Waals surface area contributed by atoms with Crippen molar-refractivity contribution in [3.63, 3.8) is 0 Å². The fourth-order valence-electron chi connectivity index (χ4n) is 11.6. The van der Waals surface area contributed by atoms with Crippen molar-refractivity contribution in [3.8, 4) is 0 Å². The number of unbranched alkanes of at least 4 members (excludes halogenated alkanes) is 50. The van der Waals surface area contributed by atoms with Gasteiger partial charge in [-0.1, -0.05) is 349 Å². The monoisotopic (exact) mass is 1380 g/mol. The van der Waals surface area contributed by atoms with E-state index < -0.39 is 97.5 Å². The molecule has 0 heterocycles. The molecule has 0 amide bonds. The molecular formula is C75H146O17P2. The van der Waals surface area contributed by atoms with Gasteiger partial charge in [-0.15, -0.1) is 0 Å². The molecule has 558 valence electrons. The zero-order valence-electron chi connectivity index (χ0n) is 60.9. The summed E-state index contributed by atoms with van der Waals surface area (Å²) in [7, 11) is -9.91. The van der Waals surface area contributed by atoms with Crippen LogP contribution in [0.1, 0.15) is 400 Å². The summed E-state index contributed by atoms with van der Waals surface area (Å²) in [5, 5.41) is 10.6. The minimum Gasteiger partial charge on any atom is -0.462 e. The first-order valence-electron chi connectivity index (χ1n) is 39.3. The number of carbonyl (C=O) groups is 4. The van der Waals surface area contributed by atoms with E-state index in [0.717, 1.165) is 89.9 Å². The van der Waals surface area contributed by atoms with Crippen LogP contribution >= 0.6 is 15.6 Å². The van der Waals surface area contributed by atoms with Gasteiger partial charge >= 0.3 is 39.5 Å². The largest absolute Gasteiger partial charge is 0.472 e. The van der Waals surface area contributed by atoms with Crippen molar-refractivity contribution in [3.05, 3.63) is 0 Å². The summed E-state index contributed by atoms with van der Waals surface area (Å²) in [6, 6.07) is 0. The minimum absolute atomic E-state index is 0.108. The van der Waals surface area contributed by atoms with Gasteiger partial charge in [-0.25, -0.2) is 9.13 Å². The van der Waals surface area contributed by atoms with Crippen LogP contribution in [-0.2, 0) is 65.4 Å². The van der Waals surface area contributed by atoms with Crippen molar-refractivity contribution in [2.75, 3.05) is 39.6 Å². The Hall–Kier alpha value is -1.94. The van der Waals surface area contributed by atoms with Crippen LogP contribution in [0.4, 0.5) is 0 Å². The number of phosphoric acid groups is 2. The quantitative estimate of drug-likeness (QED) is 0.0222. The summed E-state index contributed by atoms with van der Waals surface area (Å²) in [6.45, 7) is 4.99. The number of rotatable bonds is 76. The predicted molar refractivity (Wildman–Crippen MR) is 382 cm³/mol. The Balaban J connectivity index is 5.23. The normalized spacial score (nSPS) is 13.9. The standard InChI is InChI=1S/C75H146O17P2/c1-5-9-13-17-21-25-29-32-34-37-40-43-47-51-55-59-72(77)85-65-70(91-74(79)61-57-53-49-45-39-28-24-20-16-12-8-4)67-89-93(81,82)87-63-69(76)64-88-94(83,84)90-68-71(92-75(80)62-58-54-50-46-42-36-31-27-23-19-15-11-7-3)66-86-73(78)60-56-52-48-44-41-38-35-33-30-26-22-18-14-10-6-2/h69-71,76H,5-68H2,1-4H3,(H,81,82)(H,83,84). The number of hydrogen-bond donors (Lipinski definition) is 3. The lowest BCUT2D eigenvalue weighted by Crippen LogP contribution is -2.30. The van der Waals surface area contributed by atoms with Gasteiger partial charge in [0.05, 0.1) is 26.4 Å². The van der Waals surface area contributed by atoms with E-state index in [-0.39, 0.29) is 25.7 Å². The molecule has 0 aliphatic carbocycles. The molecule has 0 aliphatic heterocycles. The number of aliphatic hydroxyl groups is 1. The molecule has 0 rings (SSSR count). The van der Waals surface area contributed by atoms with E-state index >= 15 is 0 Å². The zero-order chi connectivity index (χ0) is 69.0. The molecular weight excluding hydrogens is 1230 g/mol. The number of carbonyl (C=O) groups excluding carboxylic acids is 4. The molecule has 0 aliphatic rings. The zero-order valence-corrected chi connectivity index (χ0v) is 62.7. The highest BCUT2D eigenvalue weighted by molar-refractivity contribution is 7.47. The van der Waals surface area contributed by atoms with E-state index in [1.807, 2.05) is 0 Å². The molecule has 94 heavy (non-hydrogen) atoms. The molecule has 17 nitrogen and oxygen atoms in total. The van der Waals surface area contributed by atoms with Gasteiger partial charge in [0.25, 0.3) is 0 Å². The summed E-state index contributed by atoms with van der Waals surface area (Å²) < 4.78 is 68.5. The molecule has 0 fully saturated rings. The Kier molecular flexibility index (Phi) is 68.1. The predicted octanol–water partition coefficient (Wildman–Crippen LogP) is 22.2. The van der Waals surface area contributed by atoms with Gasteiger partial charge < -0.3 is 33.8 Å². The van der Waals surface area contributed by atoms with E-state index in [4.69, 9.17) is 37.0 Å². The molecule has 5 atom stereocenters. The van der Waals surface area contributed by atoms with E-state index in [9.17, 15) is 43.2 Å². The van der Waals surface area contributed by atoms with E-state index in [2.05, 4.69) is 27.7 Å². The first kappa shape index (κ1) is 92.1. The molecule has 19 heteroatoms. The maximum atomic E-state index is 13.1. The maximum absolute atomic E-state index is 13.1. The second-order valence-corrected chi connectivity index (χ2v) is 29.9. The van der Waals surface area contributed by atoms with Crippen LogP contribution in [0.5, 0.6) is 0 Å². The Labute approximate surface area is 575 Å². The van der Waals surface area contributed by atoms with E-state index in [0.29, 0.717) is 25.7 Å². The lowest BCUT2D eigenvalue weighted by molar-refractivity contribution is -0.161. The van der Waals surface area contributed by atoms with Crippen LogP contribution in [0, 0.1) is 0 Å². The Morgan fingerprint density at radius 2 is 0.426 bits per heavy atom.